The fourth-order valence-electron chi connectivity index (χ4n) is 4.13. The van der Waals surface area contributed by atoms with Gasteiger partial charge in [-0.3, -0.25) is 4.90 Å². The Morgan fingerprint density at radius 2 is 1.90 bits per heavy atom. The number of phenolic OH excluding ortho intramolecular Hbond substituents is 1. The molecule has 7 nitrogen and oxygen atoms in total. The first-order chi connectivity index (χ1) is 15.2. The van der Waals surface area contributed by atoms with Crippen LogP contribution in [-0.2, 0) is 11.3 Å². The van der Waals surface area contributed by atoms with Gasteiger partial charge < -0.3 is 14.7 Å². The highest BCUT2D eigenvalue weighted by molar-refractivity contribution is 7.96. The number of aromatic hydroxyl groups is 1. The van der Waals surface area contributed by atoms with Crippen LogP contribution in [0, 0.1) is 0 Å². The summed E-state index contributed by atoms with van der Waals surface area (Å²) in [4.78, 5) is 14.7. The van der Waals surface area contributed by atoms with Crippen molar-refractivity contribution in [3.05, 3.63) is 35.2 Å². The molecule has 4 heterocycles. The zero-order valence-corrected chi connectivity index (χ0v) is 19.3. The molecule has 164 valence electrons. The maximum Gasteiger partial charge on any atom is 0.226 e. The van der Waals surface area contributed by atoms with Crippen molar-refractivity contribution in [2.45, 2.75) is 6.54 Å². The Kier molecular flexibility index (Phi) is 6.29. The fourth-order valence-corrected chi connectivity index (χ4v) is 5.67. The van der Waals surface area contributed by atoms with Crippen LogP contribution >= 0.6 is 23.3 Å². The number of aromatic nitrogens is 2. The lowest BCUT2D eigenvalue weighted by atomic mass is 10.1. The van der Waals surface area contributed by atoms with E-state index < -0.39 is 0 Å². The number of piperazine rings is 1. The maximum absolute atomic E-state index is 10.0. The summed E-state index contributed by atoms with van der Waals surface area (Å²) in [5.41, 5.74) is 4.11. The highest BCUT2D eigenvalue weighted by atomic mass is 32.2. The van der Waals surface area contributed by atoms with E-state index in [9.17, 15) is 5.11 Å². The first-order valence-electron chi connectivity index (χ1n) is 10.6. The first kappa shape index (κ1) is 21.0. The van der Waals surface area contributed by atoms with E-state index in [2.05, 4.69) is 25.7 Å². The summed E-state index contributed by atoms with van der Waals surface area (Å²) in [6.07, 6.45) is 2.15. The molecule has 1 N–H and O–H groups in total. The average molecular weight is 458 g/mol. The number of anilines is 1. The Bertz CT molecular complexity index is 1050. The number of hydrogen-bond donors (Lipinski definition) is 1. The van der Waals surface area contributed by atoms with Gasteiger partial charge >= 0.3 is 0 Å². The van der Waals surface area contributed by atoms with Crippen molar-refractivity contribution in [3.63, 3.8) is 0 Å². The molecule has 0 aliphatic carbocycles. The third kappa shape index (κ3) is 4.51. The van der Waals surface area contributed by atoms with Crippen LogP contribution < -0.4 is 4.90 Å². The predicted molar refractivity (Wildman–Crippen MR) is 128 cm³/mol. The molecule has 0 radical (unpaired) electrons. The van der Waals surface area contributed by atoms with E-state index in [1.807, 2.05) is 24.1 Å². The van der Waals surface area contributed by atoms with Crippen molar-refractivity contribution in [1.29, 1.82) is 0 Å². The van der Waals surface area contributed by atoms with Gasteiger partial charge in [0.2, 0.25) is 5.95 Å². The molecular formula is C22H27N5O2S2. The van der Waals surface area contributed by atoms with Gasteiger partial charge in [0.15, 0.2) is 0 Å². The van der Waals surface area contributed by atoms with Gasteiger partial charge in [0.25, 0.3) is 0 Å². The number of thiophene rings is 1. The van der Waals surface area contributed by atoms with Crippen LogP contribution in [0.4, 0.5) is 5.95 Å². The molecule has 0 atom stereocenters. The van der Waals surface area contributed by atoms with Crippen molar-refractivity contribution >= 4 is 39.4 Å². The minimum absolute atomic E-state index is 0.251. The Hall–Kier alpha value is -1.91. The molecule has 2 aromatic heterocycles. The second kappa shape index (κ2) is 9.30. The number of ether oxygens (including phenoxy) is 1. The van der Waals surface area contributed by atoms with Gasteiger partial charge in [-0.05, 0) is 23.8 Å². The molecule has 3 aromatic rings. The van der Waals surface area contributed by atoms with E-state index in [0.29, 0.717) is 13.2 Å². The van der Waals surface area contributed by atoms with E-state index in [1.54, 1.807) is 23.5 Å². The van der Waals surface area contributed by atoms with E-state index in [0.717, 1.165) is 73.2 Å². The quantitative estimate of drug-likeness (QED) is 0.586. The van der Waals surface area contributed by atoms with Crippen LogP contribution in [0.2, 0.25) is 0 Å². The minimum atomic E-state index is 0.251. The largest absolute Gasteiger partial charge is 0.508 e. The molecular weight excluding hydrogens is 430 g/mol. The Labute approximate surface area is 190 Å². The minimum Gasteiger partial charge on any atom is -0.508 e. The SMILES string of the molecule is CSN1CCN(Cc2csc3c(-c4cccc(O)c4)nc(N4CCOCC4)nc23)CC1. The van der Waals surface area contributed by atoms with Crippen LogP contribution in [0.15, 0.2) is 29.6 Å². The normalized spacial score (nSPS) is 18.7. The molecule has 31 heavy (non-hydrogen) atoms. The number of fused-ring (bicyclic) bond motifs is 1. The third-order valence-electron chi connectivity index (χ3n) is 5.87. The molecule has 0 bridgehead atoms. The topological polar surface area (TPSA) is 65.0 Å². The van der Waals surface area contributed by atoms with Crippen molar-refractivity contribution in [1.82, 2.24) is 19.2 Å². The smallest absolute Gasteiger partial charge is 0.226 e. The third-order valence-corrected chi connectivity index (χ3v) is 7.78. The number of morpholine rings is 1. The van der Waals surface area contributed by atoms with Crippen molar-refractivity contribution in [2.24, 2.45) is 0 Å². The van der Waals surface area contributed by atoms with Crippen molar-refractivity contribution < 1.29 is 9.84 Å². The molecule has 0 amide bonds. The van der Waals surface area contributed by atoms with Gasteiger partial charge in [0.05, 0.1) is 29.1 Å². The highest BCUT2D eigenvalue weighted by Crippen LogP contribution is 2.36. The second-order valence-electron chi connectivity index (χ2n) is 7.85. The molecule has 1 aromatic carbocycles. The van der Waals surface area contributed by atoms with Crippen LogP contribution in [0.1, 0.15) is 5.56 Å². The molecule has 2 aliphatic heterocycles. The summed E-state index contributed by atoms with van der Waals surface area (Å²) in [6.45, 7) is 8.19. The monoisotopic (exact) mass is 457 g/mol. The zero-order chi connectivity index (χ0) is 21.2. The summed E-state index contributed by atoms with van der Waals surface area (Å²) >= 11 is 3.53. The summed E-state index contributed by atoms with van der Waals surface area (Å²) in [6, 6.07) is 7.35. The maximum atomic E-state index is 10.0. The summed E-state index contributed by atoms with van der Waals surface area (Å²) < 4.78 is 9.03. The molecule has 0 unspecified atom stereocenters. The van der Waals surface area contributed by atoms with Crippen LogP contribution in [0.5, 0.6) is 5.75 Å². The van der Waals surface area contributed by atoms with Crippen molar-refractivity contribution in [2.75, 3.05) is 63.6 Å². The molecule has 2 aliphatic rings. The molecule has 2 saturated heterocycles. The first-order valence-corrected chi connectivity index (χ1v) is 12.7. The van der Waals surface area contributed by atoms with Crippen LogP contribution in [0.3, 0.4) is 0 Å². The molecule has 2 fully saturated rings. The fraction of sp³-hybridized carbons (Fsp3) is 0.455. The lowest BCUT2D eigenvalue weighted by molar-refractivity contribution is 0.122. The van der Waals surface area contributed by atoms with E-state index in [4.69, 9.17) is 14.7 Å². The van der Waals surface area contributed by atoms with Gasteiger partial charge in [-0.25, -0.2) is 14.3 Å². The number of benzene rings is 1. The Morgan fingerprint density at radius 3 is 2.65 bits per heavy atom. The van der Waals surface area contributed by atoms with Gasteiger partial charge in [0, 0.05) is 56.9 Å². The Morgan fingerprint density at radius 1 is 1.10 bits per heavy atom. The van der Waals surface area contributed by atoms with Gasteiger partial charge in [-0.15, -0.1) is 11.3 Å². The summed E-state index contributed by atoms with van der Waals surface area (Å²) in [5, 5.41) is 12.3. The van der Waals surface area contributed by atoms with Crippen molar-refractivity contribution in [3.8, 4) is 17.0 Å². The van der Waals surface area contributed by atoms with Gasteiger partial charge in [-0.1, -0.05) is 24.1 Å². The van der Waals surface area contributed by atoms with Crippen LogP contribution in [-0.4, -0.2) is 83.0 Å². The zero-order valence-electron chi connectivity index (χ0n) is 17.7. The van der Waals surface area contributed by atoms with E-state index in [-0.39, 0.29) is 5.75 Å². The van der Waals surface area contributed by atoms with E-state index in [1.165, 1.54) is 5.56 Å². The van der Waals surface area contributed by atoms with Gasteiger partial charge in [-0.2, -0.15) is 0 Å². The van der Waals surface area contributed by atoms with E-state index >= 15 is 0 Å². The Balaban J connectivity index is 1.53. The van der Waals surface area contributed by atoms with Gasteiger partial charge in [0.1, 0.15) is 5.75 Å². The summed E-state index contributed by atoms with van der Waals surface area (Å²) in [7, 11) is 0. The lowest BCUT2D eigenvalue weighted by Gasteiger charge is -2.33. The highest BCUT2D eigenvalue weighted by Gasteiger charge is 2.22. The number of phenols is 1. The summed E-state index contributed by atoms with van der Waals surface area (Å²) in [5.74, 6) is 1.00. The lowest BCUT2D eigenvalue weighted by Crippen LogP contribution is -2.42. The number of nitrogens with zero attached hydrogens (tertiary/aromatic N) is 5. The number of hydrogen-bond acceptors (Lipinski definition) is 9. The molecule has 5 rings (SSSR count). The molecule has 9 heteroatoms. The second-order valence-corrected chi connectivity index (χ2v) is 9.61. The molecule has 0 saturated carbocycles. The average Bonchev–Trinajstić information content (AvgIpc) is 3.22. The van der Waals surface area contributed by atoms with Crippen LogP contribution in [0.25, 0.3) is 21.5 Å². The predicted octanol–water partition coefficient (Wildman–Crippen LogP) is 3.30. The standard InChI is InChI=1S/C22H27N5O2S2/c1-30-27-7-5-25(6-8-27)14-17-15-31-21-19(16-3-2-4-18(28)13-16)23-22(24-20(17)21)26-9-11-29-12-10-26/h2-4,13,15,28H,5-12,14H2,1H3. The molecule has 0 spiro atoms. The number of rotatable bonds is 5.